The van der Waals surface area contributed by atoms with Crippen molar-refractivity contribution in [3.63, 3.8) is 0 Å². The van der Waals surface area contributed by atoms with Crippen molar-refractivity contribution in [2.24, 2.45) is 0 Å². The molecule has 1 aromatic carbocycles. The molecule has 1 unspecified atom stereocenters. The normalized spacial score (nSPS) is 13.0. The van der Waals surface area contributed by atoms with Crippen LogP contribution in [0.4, 0.5) is 0 Å². The summed E-state index contributed by atoms with van der Waals surface area (Å²) >= 11 is 2.43. The van der Waals surface area contributed by atoms with Crippen molar-refractivity contribution in [3.8, 4) is 0 Å². The van der Waals surface area contributed by atoms with Crippen LogP contribution in [0.25, 0.3) is 0 Å². The zero-order valence-electron chi connectivity index (χ0n) is 6.97. The van der Waals surface area contributed by atoms with Gasteiger partial charge in [0.15, 0.2) is 0 Å². The van der Waals surface area contributed by atoms with Gasteiger partial charge in [-0.15, -0.1) is 0 Å². The summed E-state index contributed by atoms with van der Waals surface area (Å²) in [6, 6.07) is 8.75. The van der Waals surface area contributed by atoms with E-state index in [0.29, 0.717) is 5.92 Å². The van der Waals surface area contributed by atoms with E-state index in [4.69, 9.17) is 0 Å². The van der Waals surface area contributed by atoms with E-state index in [0.717, 1.165) is 0 Å². The van der Waals surface area contributed by atoms with Gasteiger partial charge in [0.1, 0.15) is 0 Å². The predicted molar refractivity (Wildman–Crippen MR) is 58.5 cm³/mol. The Hall–Kier alpha value is -0.0500. The molecular formula is C10H13I. The Bertz CT molecular complexity index is 230. The average molecular weight is 260 g/mol. The lowest BCUT2D eigenvalue weighted by Gasteiger charge is -2.07. The molecule has 1 atom stereocenters. The summed E-state index contributed by atoms with van der Waals surface area (Å²) in [6.45, 7) is 4.41. The van der Waals surface area contributed by atoms with E-state index < -0.39 is 0 Å². The zero-order valence-corrected chi connectivity index (χ0v) is 9.13. The summed E-state index contributed by atoms with van der Waals surface area (Å²) in [5.74, 6) is 0.690. The SMILES string of the molecule is Cc1cccc(C(C)CI)c1. The number of rotatable bonds is 2. The van der Waals surface area contributed by atoms with E-state index >= 15 is 0 Å². The molecule has 0 N–H and O–H groups in total. The summed E-state index contributed by atoms with van der Waals surface area (Å²) in [5.41, 5.74) is 2.82. The fourth-order valence-corrected chi connectivity index (χ4v) is 1.57. The fraction of sp³-hybridized carbons (Fsp3) is 0.400. The molecule has 0 radical (unpaired) electrons. The molecule has 0 aromatic heterocycles. The van der Waals surface area contributed by atoms with Gasteiger partial charge in [0.2, 0.25) is 0 Å². The molecule has 0 saturated carbocycles. The second-order valence-corrected chi connectivity index (χ2v) is 3.85. The molecule has 0 aliphatic heterocycles. The molecule has 1 heteroatoms. The lowest BCUT2D eigenvalue weighted by atomic mass is 10.0. The molecule has 0 saturated heterocycles. The van der Waals surface area contributed by atoms with Gasteiger partial charge in [-0.05, 0) is 18.4 Å². The number of alkyl halides is 1. The number of hydrogen-bond donors (Lipinski definition) is 0. The average Bonchev–Trinajstić information content (AvgIpc) is 2.03. The summed E-state index contributed by atoms with van der Waals surface area (Å²) < 4.78 is 1.20. The molecule has 0 heterocycles. The lowest BCUT2D eigenvalue weighted by molar-refractivity contribution is 0.893. The second kappa shape index (κ2) is 4.10. The van der Waals surface area contributed by atoms with Crippen molar-refractivity contribution in [1.29, 1.82) is 0 Å². The van der Waals surface area contributed by atoms with Crippen LogP contribution in [-0.4, -0.2) is 4.43 Å². The van der Waals surface area contributed by atoms with Crippen molar-refractivity contribution < 1.29 is 0 Å². The second-order valence-electron chi connectivity index (χ2n) is 2.97. The Kier molecular flexibility index (Phi) is 3.37. The molecule has 1 rings (SSSR count). The minimum atomic E-state index is 0.690. The third-order valence-corrected chi connectivity index (χ3v) is 3.16. The maximum Gasteiger partial charge on any atom is 0.00616 e. The molecule has 0 nitrogen and oxygen atoms in total. The van der Waals surface area contributed by atoms with Gasteiger partial charge >= 0.3 is 0 Å². The van der Waals surface area contributed by atoms with Gasteiger partial charge in [0.25, 0.3) is 0 Å². The van der Waals surface area contributed by atoms with E-state index in [1.54, 1.807) is 0 Å². The van der Waals surface area contributed by atoms with Crippen LogP contribution in [0, 0.1) is 6.92 Å². The van der Waals surface area contributed by atoms with Gasteiger partial charge < -0.3 is 0 Å². The minimum absolute atomic E-state index is 0.690. The quantitative estimate of drug-likeness (QED) is 0.563. The molecule has 0 aliphatic carbocycles. The van der Waals surface area contributed by atoms with Gasteiger partial charge in [0.05, 0.1) is 0 Å². The Morgan fingerprint density at radius 3 is 2.73 bits per heavy atom. The highest BCUT2D eigenvalue weighted by atomic mass is 127. The topological polar surface area (TPSA) is 0 Å². The van der Waals surface area contributed by atoms with Gasteiger partial charge in [-0.1, -0.05) is 59.3 Å². The first kappa shape index (κ1) is 9.04. The Morgan fingerprint density at radius 2 is 2.18 bits per heavy atom. The Morgan fingerprint density at radius 1 is 1.45 bits per heavy atom. The molecule has 0 aliphatic rings. The van der Waals surface area contributed by atoms with E-state index in [-0.39, 0.29) is 0 Å². The highest BCUT2D eigenvalue weighted by Crippen LogP contribution is 2.18. The number of halogens is 1. The van der Waals surface area contributed by atoms with Crippen molar-refractivity contribution in [3.05, 3.63) is 35.4 Å². The van der Waals surface area contributed by atoms with E-state index in [1.807, 2.05) is 0 Å². The van der Waals surface area contributed by atoms with E-state index in [2.05, 4.69) is 60.7 Å². The molecule has 0 fully saturated rings. The van der Waals surface area contributed by atoms with Crippen molar-refractivity contribution >= 4 is 22.6 Å². The van der Waals surface area contributed by atoms with Crippen LogP contribution < -0.4 is 0 Å². The van der Waals surface area contributed by atoms with Crippen molar-refractivity contribution in [1.82, 2.24) is 0 Å². The zero-order chi connectivity index (χ0) is 8.27. The van der Waals surface area contributed by atoms with Crippen molar-refractivity contribution in [2.75, 3.05) is 4.43 Å². The highest BCUT2D eigenvalue weighted by molar-refractivity contribution is 14.1. The summed E-state index contributed by atoms with van der Waals surface area (Å²) in [7, 11) is 0. The first-order valence-corrected chi connectivity index (χ1v) is 5.39. The maximum absolute atomic E-state index is 2.43. The van der Waals surface area contributed by atoms with Crippen LogP contribution in [0.2, 0.25) is 0 Å². The van der Waals surface area contributed by atoms with Crippen molar-refractivity contribution in [2.45, 2.75) is 19.8 Å². The first-order valence-electron chi connectivity index (χ1n) is 3.86. The van der Waals surface area contributed by atoms with Crippen LogP contribution in [0.15, 0.2) is 24.3 Å². The monoisotopic (exact) mass is 260 g/mol. The van der Waals surface area contributed by atoms with Gasteiger partial charge in [-0.2, -0.15) is 0 Å². The van der Waals surface area contributed by atoms with Crippen LogP contribution in [-0.2, 0) is 0 Å². The summed E-state index contributed by atoms with van der Waals surface area (Å²) in [5, 5.41) is 0. The lowest BCUT2D eigenvalue weighted by Crippen LogP contribution is -1.93. The smallest absolute Gasteiger partial charge is 0.00616 e. The molecule has 11 heavy (non-hydrogen) atoms. The van der Waals surface area contributed by atoms with Gasteiger partial charge in [-0.25, -0.2) is 0 Å². The largest absolute Gasteiger partial charge is 0.0857 e. The molecule has 60 valence electrons. The predicted octanol–water partition coefficient (Wildman–Crippen LogP) is 3.53. The number of aryl methyl sites for hydroxylation is 1. The third kappa shape index (κ3) is 2.47. The highest BCUT2D eigenvalue weighted by Gasteiger charge is 2.01. The van der Waals surface area contributed by atoms with E-state index in [1.165, 1.54) is 15.6 Å². The van der Waals surface area contributed by atoms with Gasteiger partial charge in [0, 0.05) is 4.43 Å². The first-order chi connectivity index (χ1) is 5.24. The molecular weight excluding hydrogens is 247 g/mol. The fourth-order valence-electron chi connectivity index (χ4n) is 1.07. The summed E-state index contributed by atoms with van der Waals surface area (Å²) in [6.07, 6.45) is 0. The molecule has 0 spiro atoms. The molecule has 1 aromatic rings. The summed E-state index contributed by atoms with van der Waals surface area (Å²) in [4.78, 5) is 0. The third-order valence-electron chi connectivity index (χ3n) is 1.84. The number of hydrogen-bond acceptors (Lipinski definition) is 0. The maximum atomic E-state index is 2.43. The van der Waals surface area contributed by atoms with Crippen LogP contribution in [0.3, 0.4) is 0 Å². The molecule has 0 amide bonds. The van der Waals surface area contributed by atoms with Crippen LogP contribution in [0.5, 0.6) is 0 Å². The van der Waals surface area contributed by atoms with E-state index in [9.17, 15) is 0 Å². The van der Waals surface area contributed by atoms with Crippen LogP contribution in [0.1, 0.15) is 24.0 Å². The van der Waals surface area contributed by atoms with Crippen LogP contribution >= 0.6 is 22.6 Å². The Labute approximate surface area is 82.2 Å². The molecule has 0 bridgehead atoms. The Balaban J connectivity index is 2.86. The van der Waals surface area contributed by atoms with Gasteiger partial charge in [-0.3, -0.25) is 0 Å². The minimum Gasteiger partial charge on any atom is -0.0857 e. The number of benzene rings is 1. The standard InChI is InChI=1S/C10H13I/c1-8-4-3-5-10(6-8)9(2)7-11/h3-6,9H,7H2,1-2H3.